The average Bonchev–Trinajstić information content (AvgIpc) is 3.34. The van der Waals surface area contributed by atoms with Crippen molar-refractivity contribution in [2.24, 2.45) is 4.99 Å². The first kappa shape index (κ1) is 30.9. The van der Waals surface area contributed by atoms with Crippen molar-refractivity contribution in [1.82, 2.24) is 4.57 Å². The first-order valence-electron chi connectivity index (χ1n) is 14.1. The second-order valence-corrected chi connectivity index (χ2v) is 11.7. The molecule has 3 aromatic carbocycles. The zero-order chi connectivity index (χ0) is 31.4. The van der Waals surface area contributed by atoms with Crippen LogP contribution in [0.4, 0.5) is 0 Å². The summed E-state index contributed by atoms with van der Waals surface area (Å²) < 4.78 is 18.6. The molecule has 0 radical (unpaired) electrons. The van der Waals surface area contributed by atoms with E-state index in [1.54, 1.807) is 29.7 Å². The van der Waals surface area contributed by atoms with Crippen LogP contribution in [0.2, 0.25) is 5.02 Å². The molecular weight excluding hydrogens is 596 g/mol. The van der Waals surface area contributed by atoms with E-state index in [9.17, 15) is 9.59 Å². The fourth-order valence-corrected chi connectivity index (χ4v) is 6.32. The molecule has 0 saturated carbocycles. The molecule has 4 aromatic rings. The number of aromatic nitrogens is 1. The lowest BCUT2D eigenvalue weighted by molar-refractivity contribution is -0.138. The van der Waals surface area contributed by atoms with Gasteiger partial charge in [-0.25, -0.2) is 9.79 Å². The summed E-state index contributed by atoms with van der Waals surface area (Å²) in [7, 11) is 1.50. The van der Waals surface area contributed by atoms with Crippen LogP contribution >= 0.6 is 22.9 Å². The van der Waals surface area contributed by atoms with Crippen LogP contribution in [0.25, 0.3) is 11.8 Å². The van der Waals surface area contributed by atoms with Gasteiger partial charge in [0.2, 0.25) is 0 Å². The second kappa shape index (κ2) is 13.4. The van der Waals surface area contributed by atoms with Gasteiger partial charge in [-0.05, 0) is 47.7 Å². The summed E-state index contributed by atoms with van der Waals surface area (Å²) in [5.41, 5.74) is 3.75. The average molecular weight is 627 g/mol. The van der Waals surface area contributed by atoms with Gasteiger partial charge in [0, 0.05) is 5.56 Å². The number of halogens is 1. The minimum absolute atomic E-state index is 0.0265. The van der Waals surface area contributed by atoms with Crippen LogP contribution in [0.1, 0.15) is 55.0 Å². The van der Waals surface area contributed by atoms with Crippen LogP contribution < -0.4 is 24.4 Å². The largest absolute Gasteiger partial charge is 0.493 e. The van der Waals surface area contributed by atoms with E-state index in [-0.39, 0.29) is 23.8 Å². The maximum atomic E-state index is 14.2. The molecule has 1 aliphatic rings. The minimum atomic E-state index is -0.762. The summed E-state index contributed by atoms with van der Waals surface area (Å²) in [6.45, 7) is 6.19. The predicted molar refractivity (Wildman–Crippen MR) is 174 cm³/mol. The summed E-state index contributed by atoms with van der Waals surface area (Å²) in [5, 5.41) is 0.290. The van der Waals surface area contributed by atoms with Gasteiger partial charge >= 0.3 is 5.97 Å². The number of hydrogen-bond donors (Lipinski definition) is 0. The van der Waals surface area contributed by atoms with Gasteiger partial charge < -0.3 is 14.2 Å². The predicted octanol–water partition coefficient (Wildman–Crippen LogP) is 5.73. The van der Waals surface area contributed by atoms with Crippen LogP contribution in [0.15, 0.2) is 82.1 Å². The number of hydrogen-bond acceptors (Lipinski definition) is 7. The number of methoxy groups -OCH3 is 1. The maximum absolute atomic E-state index is 14.2. The lowest BCUT2D eigenvalue weighted by Crippen LogP contribution is -2.40. The number of benzene rings is 3. The Balaban J connectivity index is 1.77. The molecule has 1 aliphatic heterocycles. The third-order valence-electron chi connectivity index (χ3n) is 7.14. The van der Waals surface area contributed by atoms with Crippen molar-refractivity contribution in [2.75, 3.05) is 20.3 Å². The van der Waals surface area contributed by atoms with Crippen LogP contribution in [-0.4, -0.2) is 30.9 Å². The number of terminal acetylenes is 1. The molecule has 0 amide bonds. The van der Waals surface area contributed by atoms with Crippen molar-refractivity contribution < 1.29 is 19.0 Å². The number of carbonyl (C=O) groups is 1. The second-order valence-electron chi connectivity index (χ2n) is 10.3. The monoisotopic (exact) mass is 626 g/mol. The van der Waals surface area contributed by atoms with Gasteiger partial charge in [-0.3, -0.25) is 9.36 Å². The van der Waals surface area contributed by atoms with Gasteiger partial charge in [0.05, 0.1) is 40.6 Å². The minimum Gasteiger partial charge on any atom is -0.493 e. The molecule has 0 fully saturated rings. The number of carbonyl (C=O) groups excluding carboxylic acids is 1. The number of thiazole rings is 1. The molecule has 224 valence electrons. The van der Waals surface area contributed by atoms with Crippen LogP contribution in [-0.2, 0) is 9.53 Å². The first-order valence-corrected chi connectivity index (χ1v) is 15.3. The van der Waals surface area contributed by atoms with E-state index in [4.69, 9.17) is 37.2 Å². The summed E-state index contributed by atoms with van der Waals surface area (Å²) in [5.74, 6) is 2.90. The van der Waals surface area contributed by atoms with E-state index in [1.165, 1.54) is 18.4 Å². The van der Waals surface area contributed by atoms with Crippen LogP contribution in [0, 0.1) is 12.3 Å². The molecule has 2 heterocycles. The van der Waals surface area contributed by atoms with Crippen molar-refractivity contribution >= 4 is 40.7 Å². The number of nitrogens with zero attached hydrogens (tertiary/aromatic N) is 2. The molecule has 7 nitrogen and oxygen atoms in total. The number of fused-ring (bicyclic) bond motifs is 1. The molecule has 0 aliphatic carbocycles. The van der Waals surface area contributed by atoms with Crippen molar-refractivity contribution in [2.45, 2.75) is 32.7 Å². The SMILES string of the molecule is C#CCOc1c(Cl)cc(/C=c2\sc3n(c2=O)[C@H](c2ccc(C(C)C)cc2)C(C(=O)OCC)=C(c2ccccc2)N=3)cc1OC. The number of rotatable bonds is 9. The van der Waals surface area contributed by atoms with E-state index in [0.717, 1.165) is 16.7 Å². The van der Waals surface area contributed by atoms with Gasteiger partial charge in [-0.2, -0.15) is 0 Å². The molecule has 1 aromatic heterocycles. The van der Waals surface area contributed by atoms with Crippen molar-refractivity contribution in [3.05, 3.63) is 119 Å². The maximum Gasteiger partial charge on any atom is 0.338 e. The standard InChI is InChI=1S/C35H31ClN2O5S/c1-6-17-43-32-26(36)18-22(19-27(32)41-5)20-28-33(39)38-31(25-15-13-23(14-16-25)21(3)4)29(34(40)42-7-2)30(37-35(38)44-28)24-11-9-8-10-12-24/h1,8-16,18-21,31H,7,17H2,2-5H3/b28-20-/t31-/m1/s1. The quantitative estimate of drug-likeness (QED) is 0.175. The summed E-state index contributed by atoms with van der Waals surface area (Å²) in [4.78, 5) is 33.2. The Morgan fingerprint density at radius 3 is 2.52 bits per heavy atom. The van der Waals surface area contributed by atoms with Gasteiger partial charge in [0.1, 0.15) is 6.61 Å². The molecule has 0 N–H and O–H groups in total. The molecule has 44 heavy (non-hydrogen) atoms. The summed E-state index contributed by atoms with van der Waals surface area (Å²) >= 11 is 7.74. The molecule has 9 heteroatoms. The summed E-state index contributed by atoms with van der Waals surface area (Å²) in [6.07, 6.45) is 7.06. The van der Waals surface area contributed by atoms with Crippen molar-refractivity contribution in [3.8, 4) is 23.8 Å². The molecular formula is C35H31ClN2O5S. The van der Waals surface area contributed by atoms with Crippen LogP contribution in [0.5, 0.6) is 11.5 Å². The third-order valence-corrected chi connectivity index (χ3v) is 8.41. The zero-order valence-electron chi connectivity index (χ0n) is 24.8. The highest BCUT2D eigenvalue weighted by Gasteiger charge is 2.35. The van der Waals surface area contributed by atoms with E-state index in [1.807, 2.05) is 54.6 Å². The fraction of sp³-hybridized carbons (Fsp3) is 0.229. The highest BCUT2D eigenvalue weighted by molar-refractivity contribution is 7.07. The Kier molecular flexibility index (Phi) is 9.38. The van der Waals surface area contributed by atoms with Gasteiger partial charge in [-0.15, -0.1) is 6.42 Å². The van der Waals surface area contributed by atoms with Gasteiger partial charge in [0.15, 0.2) is 16.3 Å². The Hall–Kier alpha value is -4.58. The Morgan fingerprint density at radius 2 is 1.89 bits per heavy atom. The molecule has 5 rings (SSSR count). The Morgan fingerprint density at radius 1 is 1.16 bits per heavy atom. The van der Waals surface area contributed by atoms with Crippen LogP contribution in [0.3, 0.4) is 0 Å². The highest BCUT2D eigenvalue weighted by atomic mass is 35.5. The topological polar surface area (TPSA) is 79.1 Å². The van der Waals surface area contributed by atoms with Crippen molar-refractivity contribution in [1.29, 1.82) is 0 Å². The Labute approximate surface area is 264 Å². The molecule has 0 bridgehead atoms. The van der Waals surface area contributed by atoms with E-state index >= 15 is 0 Å². The number of esters is 1. The molecule has 0 saturated heterocycles. The van der Waals surface area contributed by atoms with E-state index < -0.39 is 12.0 Å². The fourth-order valence-electron chi connectivity index (χ4n) is 5.05. The Bertz CT molecular complexity index is 1950. The van der Waals surface area contributed by atoms with Gasteiger partial charge in [-0.1, -0.05) is 97.3 Å². The normalized spacial score (nSPS) is 14.6. The molecule has 0 unspecified atom stereocenters. The lowest BCUT2D eigenvalue weighted by Gasteiger charge is -2.26. The summed E-state index contributed by atoms with van der Waals surface area (Å²) in [6, 6.07) is 20.1. The van der Waals surface area contributed by atoms with E-state index in [2.05, 4.69) is 19.8 Å². The smallest absolute Gasteiger partial charge is 0.338 e. The van der Waals surface area contributed by atoms with Gasteiger partial charge in [0.25, 0.3) is 5.56 Å². The van der Waals surface area contributed by atoms with E-state index in [0.29, 0.717) is 43.6 Å². The third kappa shape index (κ3) is 6.07. The highest BCUT2D eigenvalue weighted by Crippen LogP contribution is 2.37. The van der Waals surface area contributed by atoms with Crippen molar-refractivity contribution in [3.63, 3.8) is 0 Å². The molecule has 0 spiro atoms. The molecule has 1 atom stereocenters. The lowest BCUT2D eigenvalue weighted by atomic mass is 9.91. The zero-order valence-corrected chi connectivity index (χ0v) is 26.4. The first-order chi connectivity index (χ1) is 21.3. The number of ether oxygens (including phenoxy) is 3.